The summed E-state index contributed by atoms with van der Waals surface area (Å²) in [5.74, 6) is 0. The van der Waals surface area contributed by atoms with Crippen LogP contribution in [0.4, 0.5) is 16.2 Å². The third-order valence-electron chi connectivity index (χ3n) is 3.23. The molecule has 0 saturated carbocycles. The topological polar surface area (TPSA) is 58.4 Å². The number of benzene rings is 2. The SMILES string of the molecule is Cc1ccc(NC(=O)N(C)Cc2ccccc2N)cc1Cl. The number of nitrogens with two attached hydrogens (primary N) is 1. The Bertz CT molecular complexity index is 658. The maximum absolute atomic E-state index is 12.2. The van der Waals surface area contributed by atoms with Crippen molar-refractivity contribution >= 4 is 29.0 Å². The number of para-hydroxylation sites is 1. The van der Waals surface area contributed by atoms with Gasteiger partial charge in [0.2, 0.25) is 0 Å². The Balaban J connectivity index is 2.02. The highest BCUT2D eigenvalue weighted by molar-refractivity contribution is 6.31. The molecule has 0 bridgehead atoms. The molecular formula is C16H18ClN3O. The van der Waals surface area contributed by atoms with Gasteiger partial charge in [0, 0.05) is 30.0 Å². The van der Waals surface area contributed by atoms with E-state index in [1.807, 2.05) is 43.3 Å². The molecule has 0 spiro atoms. The van der Waals surface area contributed by atoms with Crippen molar-refractivity contribution in [3.05, 3.63) is 58.6 Å². The summed E-state index contributed by atoms with van der Waals surface area (Å²) < 4.78 is 0. The number of carbonyl (C=O) groups excluding carboxylic acids is 1. The van der Waals surface area contributed by atoms with Gasteiger partial charge < -0.3 is 16.0 Å². The van der Waals surface area contributed by atoms with Gasteiger partial charge in [-0.2, -0.15) is 0 Å². The van der Waals surface area contributed by atoms with Crippen LogP contribution in [0.1, 0.15) is 11.1 Å². The number of amides is 2. The van der Waals surface area contributed by atoms with Gasteiger partial charge >= 0.3 is 6.03 Å². The molecule has 4 nitrogen and oxygen atoms in total. The first-order valence-corrected chi connectivity index (χ1v) is 6.97. The van der Waals surface area contributed by atoms with Crippen LogP contribution < -0.4 is 11.1 Å². The third kappa shape index (κ3) is 3.89. The molecule has 21 heavy (non-hydrogen) atoms. The fraction of sp³-hybridized carbons (Fsp3) is 0.188. The van der Waals surface area contributed by atoms with Crippen LogP contribution in [0.25, 0.3) is 0 Å². The zero-order chi connectivity index (χ0) is 15.4. The second-order valence-electron chi connectivity index (χ2n) is 4.95. The summed E-state index contributed by atoms with van der Waals surface area (Å²) in [6.07, 6.45) is 0. The van der Waals surface area contributed by atoms with Crippen molar-refractivity contribution in [2.45, 2.75) is 13.5 Å². The zero-order valence-corrected chi connectivity index (χ0v) is 12.8. The lowest BCUT2D eigenvalue weighted by molar-refractivity contribution is 0.221. The molecule has 0 aliphatic carbocycles. The average molecular weight is 304 g/mol. The lowest BCUT2D eigenvalue weighted by Crippen LogP contribution is -2.31. The maximum Gasteiger partial charge on any atom is 0.321 e. The quantitative estimate of drug-likeness (QED) is 0.845. The van der Waals surface area contributed by atoms with E-state index in [0.29, 0.717) is 22.9 Å². The number of urea groups is 1. The fourth-order valence-corrected chi connectivity index (χ4v) is 2.08. The first kappa shape index (κ1) is 15.2. The number of carbonyl (C=O) groups is 1. The molecule has 0 saturated heterocycles. The Labute approximate surface area is 129 Å². The number of nitrogens with one attached hydrogen (secondary N) is 1. The highest BCUT2D eigenvalue weighted by Crippen LogP contribution is 2.20. The summed E-state index contributed by atoms with van der Waals surface area (Å²) in [6, 6.07) is 12.7. The molecule has 3 N–H and O–H groups in total. The van der Waals surface area contributed by atoms with Crippen LogP contribution in [0.3, 0.4) is 0 Å². The molecule has 0 atom stereocenters. The summed E-state index contributed by atoms with van der Waals surface area (Å²) in [4.78, 5) is 13.7. The van der Waals surface area contributed by atoms with Crippen LogP contribution in [0.5, 0.6) is 0 Å². The molecule has 0 radical (unpaired) electrons. The monoisotopic (exact) mass is 303 g/mol. The normalized spacial score (nSPS) is 10.2. The predicted molar refractivity (Wildman–Crippen MR) is 87.5 cm³/mol. The zero-order valence-electron chi connectivity index (χ0n) is 12.1. The number of nitrogens with zero attached hydrogens (tertiary/aromatic N) is 1. The van der Waals surface area contributed by atoms with E-state index in [4.69, 9.17) is 17.3 Å². The number of hydrogen-bond donors (Lipinski definition) is 2. The van der Waals surface area contributed by atoms with E-state index in [1.165, 1.54) is 0 Å². The van der Waals surface area contributed by atoms with Crippen LogP contribution in [-0.2, 0) is 6.54 Å². The predicted octanol–water partition coefficient (Wildman–Crippen LogP) is 3.89. The number of nitrogen functional groups attached to an aromatic ring is 1. The fourth-order valence-electron chi connectivity index (χ4n) is 1.90. The molecule has 2 rings (SSSR count). The van der Waals surface area contributed by atoms with Crippen molar-refractivity contribution in [3.8, 4) is 0 Å². The number of hydrogen-bond acceptors (Lipinski definition) is 2. The molecule has 2 amide bonds. The minimum Gasteiger partial charge on any atom is -0.398 e. The molecule has 110 valence electrons. The van der Waals surface area contributed by atoms with E-state index in [9.17, 15) is 4.79 Å². The largest absolute Gasteiger partial charge is 0.398 e. The Kier molecular flexibility index (Phi) is 4.70. The molecule has 2 aromatic rings. The number of aryl methyl sites for hydroxylation is 1. The summed E-state index contributed by atoms with van der Waals surface area (Å²) >= 11 is 6.05. The average Bonchev–Trinajstić information content (AvgIpc) is 2.45. The lowest BCUT2D eigenvalue weighted by Gasteiger charge is -2.19. The van der Waals surface area contributed by atoms with Crippen LogP contribution in [-0.4, -0.2) is 18.0 Å². The second-order valence-corrected chi connectivity index (χ2v) is 5.36. The summed E-state index contributed by atoms with van der Waals surface area (Å²) in [5, 5.41) is 3.44. The van der Waals surface area contributed by atoms with Gasteiger partial charge in [0.05, 0.1) is 0 Å². The Hall–Kier alpha value is -2.20. The smallest absolute Gasteiger partial charge is 0.321 e. The summed E-state index contributed by atoms with van der Waals surface area (Å²) in [6.45, 7) is 2.36. The van der Waals surface area contributed by atoms with Gasteiger partial charge in [-0.25, -0.2) is 4.79 Å². The number of anilines is 2. The van der Waals surface area contributed by atoms with E-state index in [-0.39, 0.29) is 6.03 Å². The lowest BCUT2D eigenvalue weighted by atomic mass is 10.2. The van der Waals surface area contributed by atoms with Gasteiger partial charge in [-0.15, -0.1) is 0 Å². The highest BCUT2D eigenvalue weighted by Gasteiger charge is 2.11. The molecule has 0 heterocycles. The molecule has 0 unspecified atom stereocenters. The van der Waals surface area contributed by atoms with Gasteiger partial charge in [0.25, 0.3) is 0 Å². The van der Waals surface area contributed by atoms with Gasteiger partial charge in [0.1, 0.15) is 0 Å². The molecule has 2 aromatic carbocycles. The van der Waals surface area contributed by atoms with Gasteiger partial charge in [-0.3, -0.25) is 0 Å². The Morgan fingerprint density at radius 2 is 2.00 bits per heavy atom. The Morgan fingerprint density at radius 1 is 1.29 bits per heavy atom. The van der Waals surface area contributed by atoms with Crippen molar-refractivity contribution in [1.29, 1.82) is 0 Å². The molecule has 0 aromatic heterocycles. The second kappa shape index (κ2) is 6.50. The Morgan fingerprint density at radius 3 is 2.67 bits per heavy atom. The van der Waals surface area contributed by atoms with Crippen LogP contribution in [0.2, 0.25) is 5.02 Å². The van der Waals surface area contributed by atoms with Crippen molar-refractivity contribution in [2.24, 2.45) is 0 Å². The van der Waals surface area contributed by atoms with E-state index >= 15 is 0 Å². The minimum absolute atomic E-state index is 0.210. The van der Waals surface area contributed by atoms with E-state index in [1.54, 1.807) is 18.0 Å². The maximum atomic E-state index is 12.2. The molecule has 0 fully saturated rings. The van der Waals surface area contributed by atoms with E-state index in [0.717, 1.165) is 11.1 Å². The van der Waals surface area contributed by atoms with Gasteiger partial charge in [0.15, 0.2) is 0 Å². The standard InChI is InChI=1S/C16H18ClN3O/c1-11-7-8-13(9-14(11)17)19-16(21)20(2)10-12-5-3-4-6-15(12)18/h3-9H,10,18H2,1-2H3,(H,19,21). The van der Waals surface area contributed by atoms with Crippen molar-refractivity contribution in [1.82, 2.24) is 4.90 Å². The van der Waals surface area contributed by atoms with Crippen LogP contribution in [0.15, 0.2) is 42.5 Å². The molecule has 0 aliphatic rings. The van der Waals surface area contributed by atoms with E-state index < -0.39 is 0 Å². The van der Waals surface area contributed by atoms with E-state index in [2.05, 4.69) is 5.32 Å². The van der Waals surface area contributed by atoms with Crippen LogP contribution >= 0.6 is 11.6 Å². The number of halogens is 1. The number of rotatable bonds is 3. The highest BCUT2D eigenvalue weighted by atomic mass is 35.5. The first-order chi connectivity index (χ1) is 9.97. The molecular weight excluding hydrogens is 286 g/mol. The summed E-state index contributed by atoms with van der Waals surface area (Å²) in [7, 11) is 1.72. The van der Waals surface area contributed by atoms with Crippen molar-refractivity contribution < 1.29 is 4.79 Å². The first-order valence-electron chi connectivity index (χ1n) is 6.59. The van der Waals surface area contributed by atoms with Crippen molar-refractivity contribution in [2.75, 3.05) is 18.1 Å². The minimum atomic E-state index is -0.210. The van der Waals surface area contributed by atoms with Crippen LogP contribution in [0, 0.1) is 6.92 Å². The summed E-state index contributed by atoms with van der Waals surface area (Å²) in [5.41, 5.74) is 9.11. The molecule has 0 aliphatic heterocycles. The van der Waals surface area contributed by atoms with Gasteiger partial charge in [-0.05, 0) is 36.2 Å². The van der Waals surface area contributed by atoms with Crippen molar-refractivity contribution in [3.63, 3.8) is 0 Å². The third-order valence-corrected chi connectivity index (χ3v) is 3.64. The molecule has 5 heteroatoms. The van der Waals surface area contributed by atoms with Gasteiger partial charge in [-0.1, -0.05) is 35.9 Å².